The summed E-state index contributed by atoms with van der Waals surface area (Å²) in [5, 5.41) is 3.09. The first-order chi connectivity index (χ1) is 10.2. The van der Waals surface area contributed by atoms with Gasteiger partial charge in [0.2, 0.25) is 0 Å². The van der Waals surface area contributed by atoms with E-state index in [-0.39, 0.29) is 0 Å². The van der Waals surface area contributed by atoms with Crippen molar-refractivity contribution < 1.29 is 4.57 Å². The summed E-state index contributed by atoms with van der Waals surface area (Å²) in [7, 11) is -0.556. The number of nitrogens with zero attached hydrogens (tertiary/aromatic N) is 2. The molecule has 1 aliphatic rings. The molecule has 0 N–H and O–H groups in total. The van der Waals surface area contributed by atoms with Gasteiger partial charge in [0.1, 0.15) is 13.4 Å². The Morgan fingerprint density at radius 2 is 1.64 bits per heavy atom. The molecule has 0 saturated carbocycles. The van der Waals surface area contributed by atoms with E-state index < -0.39 is 16.1 Å². The van der Waals surface area contributed by atoms with E-state index in [0.29, 0.717) is 0 Å². The Kier molecular flexibility index (Phi) is 3.64. The number of fused-ring (bicyclic) bond motifs is 1. The lowest BCUT2D eigenvalue weighted by Crippen LogP contribution is -2.67. The van der Waals surface area contributed by atoms with E-state index in [2.05, 4.69) is 75.2 Å². The predicted octanol–water partition coefficient (Wildman–Crippen LogP) is 2.73. The SMILES string of the molecule is Cc1ccccc1-c1nc2c(c[n+]1C)[Si](C)(C)CC[Si]2(C)C. The maximum atomic E-state index is 5.25. The van der Waals surface area contributed by atoms with Gasteiger partial charge < -0.3 is 0 Å². The Morgan fingerprint density at radius 1 is 1.00 bits per heavy atom. The molecule has 116 valence electrons. The molecule has 0 saturated heterocycles. The van der Waals surface area contributed by atoms with Crippen molar-refractivity contribution in [1.82, 2.24) is 4.98 Å². The third-order valence-electron chi connectivity index (χ3n) is 5.26. The minimum Gasteiger partial charge on any atom is -0.233 e. The maximum Gasteiger partial charge on any atom is 0.329 e. The molecule has 0 amide bonds. The van der Waals surface area contributed by atoms with E-state index in [4.69, 9.17) is 4.98 Å². The van der Waals surface area contributed by atoms with Crippen LogP contribution in [0.3, 0.4) is 0 Å². The monoisotopic (exact) mass is 327 g/mol. The molecule has 0 radical (unpaired) electrons. The molecule has 0 bridgehead atoms. The van der Waals surface area contributed by atoms with Gasteiger partial charge in [0.05, 0.1) is 26.9 Å². The van der Waals surface area contributed by atoms with Gasteiger partial charge in [0, 0.05) is 5.19 Å². The van der Waals surface area contributed by atoms with Crippen molar-refractivity contribution in [2.24, 2.45) is 7.05 Å². The summed E-state index contributed by atoms with van der Waals surface area (Å²) in [4.78, 5) is 5.25. The van der Waals surface area contributed by atoms with Gasteiger partial charge in [-0.05, 0) is 18.6 Å². The van der Waals surface area contributed by atoms with Crippen LogP contribution in [0.4, 0.5) is 0 Å². The van der Waals surface area contributed by atoms with E-state index in [0.717, 1.165) is 5.82 Å². The van der Waals surface area contributed by atoms with Gasteiger partial charge in [-0.3, -0.25) is 0 Å². The quantitative estimate of drug-likeness (QED) is 0.581. The average Bonchev–Trinajstić information content (AvgIpc) is 2.45. The van der Waals surface area contributed by atoms with Crippen LogP contribution in [0.15, 0.2) is 30.5 Å². The molecule has 0 aliphatic carbocycles. The van der Waals surface area contributed by atoms with Gasteiger partial charge in [-0.2, -0.15) is 0 Å². The first kappa shape index (κ1) is 15.6. The van der Waals surface area contributed by atoms with Crippen LogP contribution in [-0.4, -0.2) is 21.1 Å². The normalized spacial score (nSPS) is 18.8. The lowest BCUT2D eigenvalue weighted by atomic mass is 10.1. The second kappa shape index (κ2) is 5.13. The number of hydrogen-bond acceptors (Lipinski definition) is 1. The van der Waals surface area contributed by atoms with Crippen molar-refractivity contribution in [3.63, 3.8) is 0 Å². The fourth-order valence-electron chi connectivity index (χ4n) is 3.52. The van der Waals surface area contributed by atoms with Gasteiger partial charge in [-0.15, -0.1) is 0 Å². The van der Waals surface area contributed by atoms with E-state index >= 15 is 0 Å². The summed E-state index contributed by atoms with van der Waals surface area (Å²) < 4.78 is 2.26. The van der Waals surface area contributed by atoms with Crippen LogP contribution >= 0.6 is 0 Å². The first-order valence-corrected chi connectivity index (χ1v) is 14.6. The third-order valence-corrected chi connectivity index (χ3v) is 12.5. The molecule has 0 unspecified atom stereocenters. The van der Waals surface area contributed by atoms with E-state index in [1.807, 2.05) is 0 Å². The zero-order chi connectivity index (χ0) is 16.1. The van der Waals surface area contributed by atoms with Crippen molar-refractivity contribution in [2.45, 2.75) is 45.2 Å². The smallest absolute Gasteiger partial charge is 0.233 e. The molecular formula is C18H27N2Si2+. The minimum atomic E-state index is -1.39. The number of rotatable bonds is 1. The molecule has 3 rings (SSSR count). The standard InChI is InChI=1S/C18H27N2Si2/c1-14-9-7-8-10-15(14)17-19-18-16(13-20(17)2)21(3,4)11-12-22(18,5)6/h7-10,13H,11-12H2,1-6H3/q+1. The molecule has 4 heteroatoms. The van der Waals surface area contributed by atoms with Crippen molar-refractivity contribution in [1.29, 1.82) is 0 Å². The fourth-order valence-corrected chi connectivity index (χ4v) is 13.5. The van der Waals surface area contributed by atoms with Crippen LogP contribution in [-0.2, 0) is 7.05 Å². The molecule has 1 aromatic carbocycles. The molecule has 0 spiro atoms. The van der Waals surface area contributed by atoms with Crippen LogP contribution in [0.2, 0.25) is 38.3 Å². The maximum absolute atomic E-state index is 5.25. The van der Waals surface area contributed by atoms with Crippen molar-refractivity contribution in [3.8, 4) is 11.4 Å². The van der Waals surface area contributed by atoms with E-state index in [1.165, 1.54) is 28.5 Å². The Morgan fingerprint density at radius 3 is 2.32 bits per heavy atom. The minimum absolute atomic E-state index is 1.13. The molecule has 2 nitrogen and oxygen atoms in total. The molecule has 1 aliphatic heterocycles. The van der Waals surface area contributed by atoms with Crippen LogP contribution in [0, 0.1) is 6.92 Å². The van der Waals surface area contributed by atoms with Crippen LogP contribution in [0.1, 0.15) is 5.56 Å². The number of benzene rings is 1. The van der Waals surface area contributed by atoms with Crippen LogP contribution in [0.25, 0.3) is 11.4 Å². The summed E-state index contributed by atoms with van der Waals surface area (Å²) in [6.45, 7) is 12.2. The lowest BCUT2D eigenvalue weighted by Gasteiger charge is -2.35. The molecule has 2 heterocycles. The summed E-state index contributed by atoms with van der Waals surface area (Å²) >= 11 is 0. The summed E-state index contributed by atoms with van der Waals surface area (Å²) in [6.07, 6.45) is 2.41. The second-order valence-corrected chi connectivity index (χ2v) is 17.6. The van der Waals surface area contributed by atoms with Crippen molar-refractivity contribution in [3.05, 3.63) is 36.0 Å². The molecule has 0 fully saturated rings. The molecule has 2 aromatic rings. The number of aromatic nitrogens is 2. The Bertz CT molecular complexity index is 736. The summed E-state index contributed by atoms with van der Waals surface area (Å²) in [6, 6.07) is 11.4. The van der Waals surface area contributed by atoms with Crippen molar-refractivity contribution in [2.75, 3.05) is 0 Å². The zero-order valence-corrected chi connectivity index (χ0v) is 16.7. The van der Waals surface area contributed by atoms with E-state index in [1.54, 1.807) is 5.19 Å². The van der Waals surface area contributed by atoms with Gasteiger partial charge >= 0.3 is 5.82 Å². The van der Waals surface area contributed by atoms with Gasteiger partial charge in [0.25, 0.3) is 0 Å². The Hall–Kier alpha value is -1.27. The molecule has 22 heavy (non-hydrogen) atoms. The third kappa shape index (κ3) is 2.48. The Labute approximate surface area is 136 Å². The highest BCUT2D eigenvalue weighted by Gasteiger charge is 2.45. The Balaban J connectivity index is 2.27. The highest BCUT2D eigenvalue weighted by atomic mass is 28.3. The average molecular weight is 328 g/mol. The van der Waals surface area contributed by atoms with Gasteiger partial charge in [-0.25, -0.2) is 4.57 Å². The highest BCUT2D eigenvalue weighted by molar-refractivity contribution is 7.02. The molecule has 1 aromatic heterocycles. The number of aryl methyl sites for hydroxylation is 2. The predicted molar refractivity (Wildman–Crippen MR) is 99.4 cm³/mol. The zero-order valence-electron chi connectivity index (χ0n) is 14.7. The fraction of sp³-hybridized carbons (Fsp3) is 0.444. The van der Waals surface area contributed by atoms with Crippen LogP contribution in [0.5, 0.6) is 0 Å². The summed E-state index contributed by atoms with van der Waals surface area (Å²) in [5.74, 6) is 1.13. The second-order valence-electron chi connectivity index (χ2n) is 8.02. The lowest BCUT2D eigenvalue weighted by molar-refractivity contribution is -0.662. The van der Waals surface area contributed by atoms with E-state index in [9.17, 15) is 0 Å². The van der Waals surface area contributed by atoms with Crippen LogP contribution < -0.4 is 15.1 Å². The largest absolute Gasteiger partial charge is 0.329 e. The van der Waals surface area contributed by atoms with Crippen molar-refractivity contribution >= 4 is 26.7 Å². The topological polar surface area (TPSA) is 16.8 Å². The van der Waals surface area contributed by atoms with Gasteiger partial charge in [-0.1, -0.05) is 61.5 Å². The number of hydrogen-bond donors (Lipinski definition) is 0. The summed E-state index contributed by atoms with van der Waals surface area (Å²) in [5.41, 5.74) is 2.57. The molecule has 0 atom stereocenters. The first-order valence-electron chi connectivity index (χ1n) is 8.20. The van der Waals surface area contributed by atoms with Gasteiger partial charge in [0.15, 0.2) is 0 Å². The molecular weight excluding hydrogens is 300 g/mol. The highest BCUT2D eigenvalue weighted by Crippen LogP contribution is 2.25.